The lowest BCUT2D eigenvalue weighted by Gasteiger charge is -2.42. The Bertz CT molecular complexity index is 558. The molecular formula is C16H20ClNO. The first-order chi connectivity index (χ1) is 8.74. The van der Waals surface area contributed by atoms with Gasteiger partial charge >= 0.3 is 0 Å². The summed E-state index contributed by atoms with van der Waals surface area (Å²) in [5.74, 6) is -0.0551. The third kappa shape index (κ3) is 2.42. The van der Waals surface area contributed by atoms with Gasteiger partial charge < -0.3 is 4.90 Å². The van der Waals surface area contributed by atoms with Gasteiger partial charge in [-0.1, -0.05) is 17.7 Å². The lowest BCUT2D eigenvalue weighted by Crippen LogP contribution is -2.51. The van der Waals surface area contributed by atoms with Gasteiger partial charge in [0.25, 0.3) is 0 Å². The van der Waals surface area contributed by atoms with Crippen molar-refractivity contribution >= 4 is 28.8 Å². The molecule has 0 saturated carbocycles. The molecule has 3 heteroatoms. The zero-order chi connectivity index (χ0) is 14.4. The van der Waals surface area contributed by atoms with E-state index in [4.69, 9.17) is 11.6 Å². The summed E-state index contributed by atoms with van der Waals surface area (Å²) in [5.41, 5.74) is 4.11. The normalized spacial score (nSPS) is 18.6. The van der Waals surface area contributed by atoms with Crippen LogP contribution in [0, 0.1) is 6.92 Å². The molecule has 0 fully saturated rings. The highest BCUT2D eigenvalue weighted by atomic mass is 35.5. The number of carbonyl (C=O) groups is 1. The minimum Gasteiger partial charge on any atom is -0.301 e. The highest BCUT2D eigenvalue weighted by Crippen LogP contribution is 2.39. The van der Waals surface area contributed by atoms with Gasteiger partial charge in [-0.3, -0.25) is 4.79 Å². The van der Waals surface area contributed by atoms with E-state index in [1.165, 1.54) is 11.1 Å². The molecule has 1 aliphatic rings. The van der Waals surface area contributed by atoms with Crippen molar-refractivity contribution in [2.45, 2.75) is 45.5 Å². The van der Waals surface area contributed by atoms with E-state index in [1.807, 2.05) is 30.9 Å². The maximum absolute atomic E-state index is 12.4. The van der Waals surface area contributed by atoms with Gasteiger partial charge in [0.2, 0.25) is 5.91 Å². The fraction of sp³-hybridized carbons (Fsp3) is 0.438. The van der Waals surface area contributed by atoms with Gasteiger partial charge in [0.15, 0.2) is 0 Å². The van der Waals surface area contributed by atoms with Crippen LogP contribution in [0.3, 0.4) is 0 Å². The molecule has 1 atom stereocenters. The number of amides is 1. The van der Waals surface area contributed by atoms with Crippen molar-refractivity contribution in [3.63, 3.8) is 0 Å². The number of carbonyl (C=O) groups excluding carboxylic acids is 1. The van der Waals surface area contributed by atoms with Crippen molar-refractivity contribution in [3.05, 3.63) is 35.4 Å². The molecule has 1 aliphatic heterocycles. The average Bonchev–Trinajstić information content (AvgIpc) is 2.28. The lowest BCUT2D eigenvalue weighted by molar-refractivity contribution is -0.118. The van der Waals surface area contributed by atoms with Crippen LogP contribution in [0.2, 0.25) is 0 Å². The summed E-state index contributed by atoms with van der Waals surface area (Å²) < 4.78 is 0. The molecule has 102 valence electrons. The third-order valence-corrected chi connectivity index (χ3v) is 3.71. The number of aryl methyl sites for hydroxylation is 1. The number of rotatable bonds is 1. The van der Waals surface area contributed by atoms with Crippen LogP contribution in [-0.4, -0.2) is 16.8 Å². The summed E-state index contributed by atoms with van der Waals surface area (Å²) in [6, 6.07) is 6.17. The zero-order valence-corrected chi connectivity index (χ0v) is 12.9. The molecular weight excluding hydrogens is 258 g/mol. The first-order valence-corrected chi connectivity index (χ1v) is 6.96. The van der Waals surface area contributed by atoms with Crippen molar-refractivity contribution in [2.75, 3.05) is 4.90 Å². The van der Waals surface area contributed by atoms with E-state index in [-0.39, 0.29) is 11.4 Å². The maximum Gasteiger partial charge on any atom is 0.245 e. The Hall–Kier alpha value is -1.28. The summed E-state index contributed by atoms with van der Waals surface area (Å²) in [6.07, 6.45) is 2.13. The number of nitrogens with zero attached hydrogens (tertiary/aromatic N) is 1. The molecule has 0 radical (unpaired) electrons. The van der Waals surface area contributed by atoms with Crippen LogP contribution in [0.5, 0.6) is 0 Å². The number of benzene rings is 1. The molecule has 0 aromatic heterocycles. The Kier molecular flexibility index (Phi) is 3.48. The molecule has 1 amide bonds. The minimum absolute atomic E-state index is 0.0551. The fourth-order valence-corrected chi connectivity index (χ4v) is 2.82. The fourth-order valence-electron chi connectivity index (χ4n) is 2.72. The van der Waals surface area contributed by atoms with Crippen LogP contribution in [-0.2, 0) is 4.79 Å². The van der Waals surface area contributed by atoms with Gasteiger partial charge in [-0.05, 0) is 52.3 Å². The summed E-state index contributed by atoms with van der Waals surface area (Å²) in [7, 11) is 0. The van der Waals surface area contributed by atoms with E-state index in [2.05, 4.69) is 26.0 Å². The lowest BCUT2D eigenvalue weighted by atomic mass is 9.88. The Balaban J connectivity index is 2.64. The molecule has 1 unspecified atom stereocenters. The van der Waals surface area contributed by atoms with Crippen molar-refractivity contribution in [3.8, 4) is 0 Å². The van der Waals surface area contributed by atoms with E-state index >= 15 is 0 Å². The second-order valence-electron chi connectivity index (χ2n) is 5.79. The summed E-state index contributed by atoms with van der Waals surface area (Å²) in [4.78, 5) is 14.2. The molecule has 2 rings (SSSR count). The van der Waals surface area contributed by atoms with Gasteiger partial charge in [-0.25, -0.2) is 0 Å². The minimum atomic E-state index is -0.528. The molecule has 1 aromatic rings. The predicted octanol–water partition coefficient (Wildman–Crippen LogP) is 4.15. The van der Waals surface area contributed by atoms with Crippen LogP contribution in [0.1, 0.15) is 38.8 Å². The summed E-state index contributed by atoms with van der Waals surface area (Å²) in [6.45, 7) is 9.95. The van der Waals surface area contributed by atoms with Crippen LogP contribution in [0.4, 0.5) is 5.69 Å². The van der Waals surface area contributed by atoms with E-state index in [1.54, 1.807) is 6.92 Å². The SMILES string of the molecule is CC1=CC(C)(C)N(C(=O)C(C)Cl)c2ccc(C)cc21. The maximum atomic E-state index is 12.4. The van der Waals surface area contributed by atoms with Gasteiger partial charge in [0.1, 0.15) is 5.38 Å². The second-order valence-corrected chi connectivity index (χ2v) is 6.45. The van der Waals surface area contributed by atoms with Crippen molar-refractivity contribution in [1.29, 1.82) is 0 Å². The Morgan fingerprint density at radius 1 is 1.32 bits per heavy atom. The van der Waals surface area contributed by atoms with Gasteiger partial charge in [-0.15, -0.1) is 11.6 Å². The largest absolute Gasteiger partial charge is 0.301 e. The molecule has 1 heterocycles. The first-order valence-electron chi connectivity index (χ1n) is 6.52. The number of hydrogen-bond donors (Lipinski definition) is 0. The quantitative estimate of drug-likeness (QED) is 0.706. The number of hydrogen-bond acceptors (Lipinski definition) is 1. The van der Waals surface area contributed by atoms with Crippen molar-refractivity contribution in [1.82, 2.24) is 0 Å². The average molecular weight is 278 g/mol. The zero-order valence-electron chi connectivity index (χ0n) is 12.1. The number of halogens is 1. The van der Waals surface area contributed by atoms with Crippen LogP contribution in [0.25, 0.3) is 5.57 Å². The molecule has 0 N–H and O–H groups in total. The molecule has 0 spiro atoms. The number of anilines is 1. The smallest absolute Gasteiger partial charge is 0.245 e. The number of allylic oxidation sites excluding steroid dienone is 1. The second kappa shape index (κ2) is 4.68. The number of alkyl halides is 1. The Morgan fingerprint density at radius 3 is 2.53 bits per heavy atom. The van der Waals surface area contributed by atoms with E-state index < -0.39 is 5.38 Å². The molecule has 1 aromatic carbocycles. The third-order valence-electron chi connectivity index (χ3n) is 3.52. The molecule has 2 nitrogen and oxygen atoms in total. The van der Waals surface area contributed by atoms with Crippen LogP contribution in [0.15, 0.2) is 24.3 Å². The van der Waals surface area contributed by atoms with E-state index in [9.17, 15) is 4.79 Å². The Labute approximate surface area is 120 Å². The Morgan fingerprint density at radius 2 is 1.95 bits per heavy atom. The van der Waals surface area contributed by atoms with E-state index in [0.717, 1.165) is 11.3 Å². The van der Waals surface area contributed by atoms with Crippen LogP contribution >= 0.6 is 11.6 Å². The standard InChI is InChI=1S/C16H20ClNO/c1-10-6-7-14-13(8-10)11(2)9-16(4,5)18(14)15(19)12(3)17/h6-9,12H,1-5H3. The van der Waals surface area contributed by atoms with Crippen molar-refractivity contribution in [2.24, 2.45) is 0 Å². The van der Waals surface area contributed by atoms with Gasteiger partial charge in [-0.2, -0.15) is 0 Å². The molecule has 0 bridgehead atoms. The highest BCUT2D eigenvalue weighted by Gasteiger charge is 2.36. The van der Waals surface area contributed by atoms with Gasteiger partial charge in [0, 0.05) is 5.56 Å². The predicted molar refractivity (Wildman–Crippen MR) is 81.7 cm³/mol. The summed E-state index contributed by atoms with van der Waals surface area (Å²) in [5, 5.41) is -0.528. The summed E-state index contributed by atoms with van der Waals surface area (Å²) >= 11 is 6.01. The van der Waals surface area contributed by atoms with Crippen molar-refractivity contribution < 1.29 is 4.79 Å². The highest BCUT2D eigenvalue weighted by molar-refractivity contribution is 6.33. The monoisotopic (exact) mass is 277 g/mol. The van der Waals surface area contributed by atoms with Gasteiger partial charge in [0.05, 0.1) is 11.2 Å². The molecule has 0 saturated heterocycles. The molecule has 19 heavy (non-hydrogen) atoms. The first kappa shape index (κ1) is 14.1. The van der Waals surface area contributed by atoms with E-state index in [0.29, 0.717) is 0 Å². The number of fused-ring (bicyclic) bond motifs is 1. The molecule has 0 aliphatic carbocycles. The van der Waals surface area contributed by atoms with Crippen LogP contribution < -0.4 is 4.90 Å². The topological polar surface area (TPSA) is 20.3 Å².